The second kappa shape index (κ2) is 3.64. The average molecular weight is 230 g/mol. The summed E-state index contributed by atoms with van der Waals surface area (Å²) in [5.74, 6) is -0.239. The Hall–Kier alpha value is -1.81. The van der Waals surface area contributed by atoms with E-state index in [2.05, 4.69) is 9.36 Å². The molecular formula is C12H7FN2S. The van der Waals surface area contributed by atoms with Crippen LogP contribution in [0.15, 0.2) is 42.7 Å². The molecule has 4 heteroatoms. The zero-order valence-corrected chi connectivity index (χ0v) is 9.04. The highest BCUT2D eigenvalue weighted by molar-refractivity contribution is 7.09. The smallest absolute Gasteiger partial charge is 0.132 e. The van der Waals surface area contributed by atoms with Gasteiger partial charge in [-0.3, -0.25) is 4.98 Å². The van der Waals surface area contributed by atoms with Gasteiger partial charge < -0.3 is 0 Å². The summed E-state index contributed by atoms with van der Waals surface area (Å²) < 4.78 is 17.6. The van der Waals surface area contributed by atoms with Crippen molar-refractivity contribution in [2.24, 2.45) is 0 Å². The second-order valence-electron chi connectivity index (χ2n) is 3.41. The van der Waals surface area contributed by atoms with Crippen molar-refractivity contribution >= 4 is 22.4 Å². The van der Waals surface area contributed by atoms with Gasteiger partial charge in [-0.1, -0.05) is 6.07 Å². The molecule has 0 radical (unpaired) electrons. The zero-order valence-electron chi connectivity index (χ0n) is 8.22. The predicted molar refractivity (Wildman–Crippen MR) is 62.8 cm³/mol. The lowest BCUT2D eigenvalue weighted by Gasteiger charge is -2.01. The molecule has 0 N–H and O–H groups in total. The first-order chi connectivity index (χ1) is 7.84. The predicted octanol–water partition coefficient (Wildman–Crippen LogP) is 3.50. The molecule has 2 heterocycles. The molecule has 0 saturated heterocycles. The first-order valence-electron chi connectivity index (χ1n) is 4.80. The van der Waals surface area contributed by atoms with Crippen LogP contribution in [0.2, 0.25) is 0 Å². The summed E-state index contributed by atoms with van der Waals surface area (Å²) >= 11 is 1.38. The molecule has 0 spiro atoms. The summed E-state index contributed by atoms with van der Waals surface area (Å²) in [6, 6.07) is 8.62. The van der Waals surface area contributed by atoms with Crippen LogP contribution in [0, 0.1) is 5.82 Å². The van der Waals surface area contributed by atoms with Crippen LogP contribution in [0.5, 0.6) is 0 Å². The van der Waals surface area contributed by atoms with E-state index in [0.717, 1.165) is 10.4 Å². The maximum atomic E-state index is 13.6. The Bertz CT molecular complexity index is 635. The summed E-state index contributed by atoms with van der Waals surface area (Å²) in [5, 5.41) is 0.549. The fraction of sp³-hybridized carbons (Fsp3) is 0. The van der Waals surface area contributed by atoms with E-state index < -0.39 is 0 Å². The lowest BCUT2D eigenvalue weighted by molar-refractivity contribution is 0.639. The van der Waals surface area contributed by atoms with Crippen LogP contribution in [-0.4, -0.2) is 9.36 Å². The molecule has 0 bridgehead atoms. The molecule has 2 aromatic heterocycles. The van der Waals surface area contributed by atoms with Gasteiger partial charge in [-0.25, -0.2) is 8.76 Å². The van der Waals surface area contributed by atoms with Crippen LogP contribution in [0.25, 0.3) is 21.3 Å². The van der Waals surface area contributed by atoms with E-state index in [1.54, 1.807) is 24.5 Å². The highest BCUT2D eigenvalue weighted by Gasteiger charge is 2.05. The monoisotopic (exact) mass is 230 g/mol. The zero-order chi connectivity index (χ0) is 11.0. The number of pyridine rings is 1. The normalized spacial score (nSPS) is 10.8. The van der Waals surface area contributed by atoms with Crippen molar-refractivity contribution < 1.29 is 4.39 Å². The summed E-state index contributed by atoms with van der Waals surface area (Å²) in [4.78, 5) is 5.23. The number of hydrogen-bond acceptors (Lipinski definition) is 3. The van der Waals surface area contributed by atoms with Gasteiger partial charge in [-0.15, -0.1) is 0 Å². The molecule has 1 aromatic carbocycles. The number of hydrogen-bond donors (Lipinski definition) is 0. The summed E-state index contributed by atoms with van der Waals surface area (Å²) in [7, 11) is 0. The molecule has 0 aliphatic rings. The molecular weight excluding hydrogens is 223 g/mol. The van der Waals surface area contributed by atoms with Crippen molar-refractivity contribution in [2.45, 2.75) is 0 Å². The molecule has 0 amide bonds. The van der Waals surface area contributed by atoms with E-state index in [0.29, 0.717) is 10.9 Å². The third-order valence-electron chi connectivity index (χ3n) is 2.39. The van der Waals surface area contributed by atoms with Gasteiger partial charge in [0.05, 0.1) is 10.4 Å². The number of nitrogens with zero attached hydrogens (tertiary/aromatic N) is 2. The van der Waals surface area contributed by atoms with Crippen LogP contribution < -0.4 is 0 Å². The van der Waals surface area contributed by atoms with E-state index >= 15 is 0 Å². The molecule has 0 saturated carbocycles. The van der Waals surface area contributed by atoms with Crippen LogP contribution in [0.4, 0.5) is 4.39 Å². The third kappa shape index (κ3) is 1.47. The van der Waals surface area contributed by atoms with Gasteiger partial charge in [0.1, 0.15) is 5.82 Å². The molecule has 0 fully saturated rings. The third-order valence-corrected chi connectivity index (χ3v) is 3.19. The first-order valence-corrected chi connectivity index (χ1v) is 5.57. The van der Waals surface area contributed by atoms with Crippen LogP contribution in [-0.2, 0) is 0 Å². The molecule has 0 aliphatic carbocycles. The van der Waals surface area contributed by atoms with Gasteiger partial charge in [-0.05, 0) is 35.8 Å². The highest BCUT2D eigenvalue weighted by Crippen LogP contribution is 2.26. The van der Waals surface area contributed by atoms with Gasteiger partial charge in [0, 0.05) is 23.3 Å². The summed E-state index contributed by atoms with van der Waals surface area (Å²) in [6.07, 6.45) is 3.47. The Labute approximate surface area is 95.6 Å². The lowest BCUT2D eigenvalue weighted by Crippen LogP contribution is -1.84. The molecule has 0 aliphatic heterocycles. The fourth-order valence-corrected chi connectivity index (χ4v) is 2.19. The standard InChI is InChI=1S/C12H7FN2S/c13-10-2-1-3-11-9(10)6-8(7-14-11)12-4-5-15-16-12/h1-7H. The minimum atomic E-state index is -0.239. The molecule has 3 rings (SSSR count). The van der Waals surface area contributed by atoms with Crippen molar-refractivity contribution in [2.75, 3.05) is 0 Å². The van der Waals surface area contributed by atoms with E-state index in [1.807, 2.05) is 12.1 Å². The molecule has 0 atom stereocenters. The number of aromatic nitrogens is 2. The molecule has 16 heavy (non-hydrogen) atoms. The summed E-state index contributed by atoms with van der Waals surface area (Å²) in [6.45, 7) is 0. The van der Waals surface area contributed by atoms with Crippen molar-refractivity contribution in [1.82, 2.24) is 9.36 Å². The van der Waals surface area contributed by atoms with E-state index in [-0.39, 0.29) is 5.82 Å². The quantitative estimate of drug-likeness (QED) is 0.639. The van der Waals surface area contributed by atoms with E-state index in [4.69, 9.17) is 0 Å². The number of fused-ring (bicyclic) bond motifs is 1. The van der Waals surface area contributed by atoms with Crippen molar-refractivity contribution in [3.8, 4) is 10.4 Å². The van der Waals surface area contributed by atoms with Gasteiger partial charge >= 0.3 is 0 Å². The fourth-order valence-electron chi connectivity index (χ4n) is 1.61. The van der Waals surface area contributed by atoms with Crippen LogP contribution >= 0.6 is 11.5 Å². The van der Waals surface area contributed by atoms with Crippen molar-refractivity contribution in [3.63, 3.8) is 0 Å². The van der Waals surface area contributed by atoms with E-state index in [9.17, 15) is 4.39 Å². The van der Waals surface area contributed by atoms with Crippen molar-refractivity contribution in [3.05, 3.63) is 48.5 Å². The maximum Gasteiger partial charge on any atom is 0.132 e. The molecule has 78 valence electrons. The van der Waals surface area contributed by atoms with Crippen molar-refractivity contribution in [1.29, 1.82) is 0 Å². The van der Waals surface area contributed by atoms with Crippen LogP contribution in [0.1, 0.15) is 0 Å². The number of benzene rings is 1. The largest absolute Gasteiger partial charge is 0.255 e. The van der Waals surface area contributed by atoms with Gasteiger partial charge in [0.2, 0.25) is 0 Å². The van der Waals surface area contributed by atoms with E-state index in [1.165, 1.54) is 17.6 Å². The second-order valence-corrected chi connectivity index (χ2v) is 4.24. The Morgan fingerprint density at radius 3 is 2.94 bits per heavy atom. The summed E-state index contributed by atoms with van der Waals surface area (Å²) in [5.41, 5.74) is 1.58. The highest BCUT2D eigenvalue weighted by atomic mass is 32.1. The maximum absolute atomic E-state index is 13.6. The Kier molecular flexibility index (Phi) is 2.15. The topological polar surface area (TPSA) is 25.8 Å². The van der Waals surface area contributed by atoms with Gasteiger partial charge in [0.25, 0.3) is 0 Å². The number of halogens is 1. The minimum absolute atomic E-state index is 0.239. The molecule has 3 aromatic rings. The Morgan fingerprint density at radius 1 is 1.19 bits per heavy atom. The average Bonchev–Trinajstić information content (AvgIpc) is 2.83. The lowest BCUT2D eigenvalue weighted by atomic mass is 10.1. The number of rotatable bonds is 1. The Balaban J connectivity index is 2.27. The molecule has 0 unspecified atom stereocenters. The first kappa shape index (κ1) is 9.42. The molecule has 2 nitrogen and oxygen atoms in total. The minimum Gasteiger partial charge on any atom is -0.255 e. The Morgan fingerprint density at radius 2 is 2.12 bits per heavy atom. The SMILES string of the molecule is Fc1cccc2ncc(-c3ccns3)cc12. The van der Waals surface area contributed by atoms with Crippen LogP contribution in [0.3, 0.4) is 0 Å². The van der Waals surface area contributed by atoms with Gasteiger partial charge in [0.15, 0.2) is 0 Å². The van der Waals surface area contributed by atoms with Gasteiger partial charge in [-0.2, -0.15) is 0 Å².